The van der Waals surface area contributed by atoms with Crippen LogP contribution in [-0.2, 0) is 6.54 Å². The van der Waals surface area contributed by atoms with Gasteiger partial charge in [-0.2, -0.15) is 0 Å². The zero-order valence-electron chi connectivity index (χ0n) is 11.5. The van der Waals surface area contributed by atoms with E-state index in [0.29, 0.717) is 28.5 Å². The molecule has 108 valence electrons. The lowest BCUT2D eigenvalue weighted by atomic mass is 10.1. The van der Waals surface area contributed by atoms with Crippen LogP contribution in [-0.4, -0.2) is 29.6 Å². The Hall–Kier alpha value is -2.22. The second-order valence-corrected chi connectivity index (χ2v) is 4.80. The SMILES string of the molecule is CN(Cc1ccco1)C(=O)c1ccc(C#CCO)c(Cl)c1. The molecular formula is C16H14ClNO3. The summed E-state index contributed by atoms with van der Waals surface area (Å²) in [4.78, 5) is 13.8. The summed E-state index contributed by atoms with van der Waals surface area (Å²) in [6, 6.07) is 8.49. The zero-order valence-corrected chi connectivity index (χ0v) is 12.2. The molecule has 0 saturated heterocycles. The number of aliphatic hydroxyl groups is 1. The first-order valence-electron chi connectivity index (χ1n) is 6.29. The Bertz CT molecular complexity index is 683. The van der Waals surface area contributed by atoms with Crippen LogP contribution in [0.4, 0.5) is 0 Å². The Kier molecular flexibility index (Phi) is 5.04. The van der Waals surface area contributed by atoms with Gasteiger partial charge in [0.15, 0.2) is 0 Å². The lowest BCUT2D eigenvalue weighted by molar-refractivity contribution is 0.0775. The number of aliphatic hydroxyl groups excluding tert-OH is 1. The summed E-state index contributed by atoms with van der Waals surface area (Å²) in [6.45, 7) is 0.151. The molecule has 0 atom stereocenters. The van der Waals surface area contributed by atoms with Gasteiger partial charge in [-0.3, -0.25) is 4.79 Å². The second kappa shape index (κ2) is 6.98. The number of nitrogens with zero attached hydrogens (tertiary/aromatic N) is 1. The molecule has 0 aliphatic heterocycles. The third-order valence-electron chi connectivity index (χ3n) is 2.84. The highest BCUT2D eigenvalue weighted by atomic mass is 35.5. The van der Waals surface area contributed by atoms with Crippen LogP contribution in [0.15, 0.2) is 41.0 Å². The van der Waals surface area contributed by atoms with E-state index in [1.54, 1.807) is 42.5 Å². The van der Waals surface area contributed by atoms with E-state index in [1.165, 1.54) is 0 Å². The fourth-order valence-corrected chi connectivity index (χ4v) is 2.04. The molecule has 0 radical (unpaired) electrons. The van der Waals surface area contributed by atoms with Crippen LogP contribution in [0.2, 0.25) is 5.02 Å². The standard InChI is InChI=1S/C16H14ClNO3/c1-18(11-14-5-3-9-21-14)16(20)13-7-6-12(4-2-8-19)15(17)10-13/h3,5-7,9-10,19H,8,11H2,1H3. The van der Waals surface area contributed by atoms with Crippen molar-refractivity contribution >= 4 is 17.5 Å². The normalized spacial score (nSPS) is 9.86. The first-order chi connectivity index (χ1) is 10.1. The average Bonchev–Trinajstić information content (AvgIpc) is 2.98. The average molecular weight is 304 g/mol. The van der Waals surface area contributed by atoms with Gasteiger partial charge in [0, 0.05) is 18.2 Å². The largest absolute Gasteiger partial charge is 0.467 e. The highest BCUT2D eigenvalue weighted by molar-refractivity contribution is 6.32. The molecule has 1 amide bonds. The van der Waals surface area contributed by atoms with Crippen LogP contribution in [0.3, 0.4) is 0 Å². The van der Waals surface area contributed by atoms with Crippen molar-refractivity contribution < 1.29 is 14.3 Å². The quantitative estimate of drug-likeness (QED) is 0.887. The number of hydrogen-bond donors (Lipinski definition) is 1. The Balaban J connectivity index is 2.14. The lowest BCUT2D eigenvalue weighted by Crippen LogP contribution is -2.26. The van der Waals surface area contributed by atoms with Crippen molar-refractivity contribution in [2.24, 2.45) is 0 Å². The first kappa shape index (κ1) is 15.2. The van der Waals surface area contributed by atoms with E-state index >= 15 is 0 Å². The van der Waals surface area contributed by atoms with Crippen molar-refractivity contribution in [2.45, 2.75) is 6.54 Å². The molecule has 0 aliphatic rings. The molecule has 1 aromatic heterocycles. The lowest BCUT2D eigenvalue weighted by Gasteiger charge is -2.16. The Labute approximate surface area is 127 Å². The van der Waals surface area contributed by atoms with E-state index in [2.05, 4.69) is 11.8 Å². The first-order valence-corrected chi connectivity index (χ1v) is 6.66. The Morgan fingerprint density at radius 3 is 2.86 bits per heavy atom. The summed E-state index contributed by atoms with van der Waals surface area (Å²) in [7, 11) is 1.69. The maximum Gasteiger partial charge on any atom is 0.254 e. The second-order valence-electron chi connectivity index (χ2n) is 4.40. The predicted molar refractivity (Wildman–Crippen MR) is 79.9 cm³/mol. The fourth-order valence-electron chi connectivity index (χ4n) is 1.81. The van der Waals surface area contributed by atoms with Crippen molar-refractivity contribution in [3.05, 3.63) is 58.5 Å². The van der Waals surface area contributed by atoms with Gasteiger partial charge < -0.3 is 14.4 Å². The monoisotopic (exact) mass is 303 g/mol. The molecule has 0 aliphatic carbocycles. The molecule has 2 aromatic rings. The molecule has 0 saturated carbocycles. The zero-order chi connectivity index (χ0) is 15.2. The van der Waals surface area contributed by atoms with Gasteiger partial charge in [-0.15, -0.1) is 0 Å². The van der Waals surface area contributed by atoms with E-state index in [9.17, 15) is 4.79 Å². The summed E-state index contributed by atoms with van der Waals surface area (Å²) in [5, 5.41) is 9.05. The number of furan rings is 1. The molecule has 0 spiro atoms. The highest BCUT2D eigenvalue weighted by Gasteiger charge is 2.14. The number of amides is 1. The molecule has 4 nitrogen and oxygen atoms in total. The van der Waals surface area contributed by atoms with Gasteiger partial charge in [-0.25, -0.2) is 0 Å². The number of carbonyl (C=O) groups is 1. The van der Waals surface area contributed by atoms with E-state index in [0.717, 1.165) is 0 Å². The molecule has 0 bridgehead atoms. The predicted octanol–water partition coefficient (Wildman–Crippen LogP) is 2.55. The number of carbonyl (C=O) groups excluding carboxylic acids is 1. The van der Waals surface area contributed by atoms with E-state index < -0.39 is 0 Å². The van der Waals surface area contributed by atoms with Gasteiger partial charge in [0.05, 0.1) is 17.8 Å². The van der Waals surface area contributed by atoms with Gasteiger partial charge in [-0.05, 0) is 30.3 Å². The molecule has 1 heterocycles. The summed E-state index contributed by atoms with van der Waals surface area (Å²) < 4.78 is 5.22. The molecular weight excluding hydrogens is 290 g/mol. The molecule has 21 heavy (non-hydrogen) atoms. The van der Waals surface area contributed by atoms with E-state index in [-0.39, 0.29) is 12.5 Å². The third-order valence-corrected chi connectivity index (χ3v) is 3.15. The topological polar surface area (TPSA) is 53.7 Å². The van der Waals surface area contributed by atoms with Crippen LogP contribution in [0.25, 0.3) is 0 Å². The highest BCUT2D eigenvalue weighted by Crippen LogP contribution is 2.18. The molecule has 2 rings (SSSR count). The molecule has 0 fully saturated rings. The minimum Gasteiger partial charge on any atom is -0.467 e. The molecule has 1 N–H and O–H groups in total. The third kappa shape index (κ3) is 3.88. The number of hydrogen-bond acceptors (Lipinski definition) is 3. The van der Waals surface area contributed by atoms with Gasteiger partial charge in [0.25, 0.3) is 5.91 Å². The smallest absolute Gasteiger partial charge is 0.254 e. The van der Waals surface area contributed by atoms with Gasteiger partial charge in [0.1, 0.15) is 12.4 Å². The number of benzene rings is 1. The molecule has 1 aromatic carbocycles. The van der Waals surface area contributed by atoms with Crippen molar-refractivity contribution in [1.82, 2.24) is 4.90 Å². The van der Waals surface area contributed by atoms with Crippen molar-refractivity contribution in [3.8, 4) is 11.8 Å². The summed E-state index contributed by atoms with van der Waals surface area (Å²) >= 11 is 6.08. The van der Waals surface area contributed by atoms with Crippen LogP contribution in [0, 0.1) is 11.8 Å². The summed E-state index contributed by atoms with van der Waals surface area (Å²) in [5.74, 6) is 5.80. The number of rotatable bonds is 3. The van der Waals surface area contributed by atoms with Crippen molar-refractivity contribution in [2.75, 3.05) is 13.7 Å². The Morgan fingerprint density at radius 1 is 1.43 bits per heavy atom. The van der Waals surface area contributed by atoms with Crippen molar-refractivity contribution in [3.63, 3.8) is 0 Å². The molecule has 0 unspecified atom stereocenters. The van der Waals surface area contributed by atoms with Crippen LogP contribution >= 0.6 is 11.6 Å². The number of halogens is 1. The van der Waals surface area contributed by atoms with Crippen LogP contribution in [0.5, 0.6) is 0 Å². The van der Waals surface area contributed by atoms with Crippen molar-refractivity contribution in [1.29, 1.82) is 0 Å². The van der Waals surface area contributed by atoms with Crippen LogP contribution in [0.1, 0.15) is 21.7 Å². The van der Waals surface area contributed by atoms with Gasteiger partial charge in [0.2, 0.25) is 0 Å². The van der Waals surface area contributed by atoms with Crippen LogP contribution < -0.4 is 0 Å². The van der Waals surface area contributed by atoms with Gasteiger partial charge in [-0.1, -0.05) is 23.4 Å². The minimum atomic E-state index is -0.233. The maximum absolute atomic E-state index is 12.3. The summed E-state index contributed by atoms with van der Waals surface area (Å²) in [6.07, 6.45) is 1.57. The van der Waals surface area contributed by atoms with E-state index in [4.69, 9.17) is 21.1 Å². The molecule has 5 heteroatoms. The Morgan fingerprint density at radius 2 is 2.24 bits per heavy atom. The maximum atomic E-state index is 12.3. The van der Waals surface area contributed by atoms with Gasteiger partial charge >= 0.3 is 0 Å². The minimum absolute atomic E-state index is 0.157. The summed E-state index contributed by atoms with van der Waals surface area (Å²) in [5.41, 5.74) is 1.06. The fraction of sp³-hybridized carbons (Fsp3) is 0.188. The van der Waals surface area contributed by atoms with E-state index in [1.807, 2.05) is 6.07 Å².